The molecule has 0 amide bonds. The molecule has 0 aliphatic carbocycles. The van der Waals surface area contributed by atoms with Crippen LogP contribution in [0.25, 0.3) is 0 Å². The monoisotopic (exact) mass is 271 g/mol. The molecule has 0 atom stereocenters. The predicted molar refractivity (Wildman–Crippen MR) is 69.9 cm³/mol. The van der Waals surface area contributed by atoms with Crippen LogP contribution in [0.2, 0.25) is 5.15 Å². The predicted octanol–water partition coefficient (Wildman–Crippen LogP) is 3.97. The van der Waals surface area contributed by atoms with Gasteiger partial charge in [0.2, 0.25) is 5.88 Å². The Hall–Kier alpha value is -0.710. The van der Waals surface area contributed by atoms with Gasteiger partial charge < -0.3 is 4.74 Å². The van der Waals surface area contributed by atoms with Gasteiger partial charge in [0.1, 0.15) is 11.8 Å². The normalized spacial score (nSPS) is 10.4. The lowest BCUT2D eigenvalue weighted by Crippen LogP contribution is -1.97. The van der Waals surface area contributed by atoms with Gasteiger partial charge in [-0.2, -0.15) is 11.3 Å². The zero-order valence-electron chi connectivity index (χ0n) is 8.61. The average Bonchev–Trinajstić information content (AvgIpc) is 2.75. The van der Waals surface area contributed by atoms with Crippen LogP contribution in [0.4, 0.5) is 0 Å². The van der Waals surface area contributed by atoms with Gasteiger partial charge in [0.15, 0.2) is 0 Å². The molecule has 5 heteroatoms. The molecule has 0 radical (unpaired) electrons. The van der Waals surface area contributed by atoms with Crippen LogP contribution in [0.1, 0.15) is 11.1 Å². The summed E-state index contributed by atoms with van der Waals surface area (Å²) in [4.78, 5) is 4.80. The standard InChI is InChI=1S/C11H10ClNOS2/c1-7-4-9(13-11(12)10(7)15)14-5-8-2-3-16-6-8/h2-4,6,15H,5H2,1H3. The minimum atomic E-state index is 0.378. The Morgan fingerprint density at radius 1 is 1.56 bits per heavy atom. The van der Waals surface area contributed by atoms with E-state index in [0.29, 0.717) is 22.5 Å². The number of hydrogen-bond acceptors (Lipinski definition) is 4. The number of rotatable bonds is 3. The van der Waals surface area contributed by atoms with Crippen molar-refractivity contribution in [2.75, 3.05) is 0 Å². The van der Waals surface area contributed by atoms with Crippen LogP contribution in [0.5, 0.6) is 5.88 Å². The molecular weight excluding hydrogens is 262 g/mol. The Bertz CT molecular complexity index is 462. The van der Waals surface area contributed by atoms with Crippen molar-refractivity contribution in [2.45, 2.75) is 18.4 Å². The summed E-state index contributed by atoms with van der Waals surface area (Å²) in [6.45, 7) is 2.44. The van der Waals surface area contributed by atoms with Gasteiger partial charge in [0.05, 0.1) is 0 Å². The molecule has 0 bridgehead atoms. The lowest BCUT2D eigenvalue weighted by Gasteiger charge is -2.07. The summed E-state index contributed by atoms with van der Waals surface area (Å²) >= 11 is 11.8. The van der Waals surface area contributed by atoms with Crippen LogP contribution >= 0.6 is 35.6 Å². The third kappa shape index (κ3) is 2.70. The van der Waals surface area contributed by atoms with E-state index in [4.69, 9.17) is 16.3 Å². The second-order valence-electron chi connectivity index (χ2n) is 3.34. The van der Waals surface area contributed by atoms with E-state index in [-0.39, 0.29) is 0 Å². The molecule has 84 valence electrons. The van der Waals surface area contributed by atoms with E-state index in [9.17, 15) is 0 Å². The van der Waals surface area contributed by atoms with Crippen LogP contribution < -0.4 is 4.74 Å². The van der Waals surface area contributed by atoms with Gasteiger partial charge in [-0.1, -0.05) is 11.6 Å². The lowest BCUT2D eigenvalue weighted by atomic mass is 10.3. The maximum absolute atomic E-state index is 5.91. The van der Waals surface area contributed by atoms with E-state index in [1.54, 1.807) is 11.3 Å². The van der Waals surface area contributed by atoms with Crippen molar-refractivity contribution >= 4 is 35.6 Å². The van der Waals surface area contributed by atoms with E-state index in [1.165, 1.54) is 0 Å². The number of aromatic nitrogens is 1. The lowest BCUT2D eigenvalue weighted by molar-refractivity contribution is 0.294. The number of hydrogen-bond donors (Lipinski definition) is 1. The summed E-state index contributed by atoms with van der Waals surface area (Å²) in [5.41, 5.74) is 2.10. The van der Waals surface area contributed by atoms with Crippen molar-refractivity contribution in [2.24, 2.45) is 0 Å². The average molecular weight is 272 g/mol. The van der Waals surface area contributed by atoms with Crippen LogP contribution in [0.15, 0.2) is 27.8 Å². The van der Waals surface area contributed by atoms with E-state index < -0.39 is 0 Å². The van der Waals surface area contributed by atoms with Crippen LogP contribution in [0, 0.1) is 6.92 Å². The molecule has 16 heavy (non-hydrogen) atoms. The molecule has 0 aliphatic rings. The Morgan fingerprint density at radius 2 is 2.38 bits per heavy atom. The van der Waals surface area contributed by atoms with Gasteiger partial charge in [-0.25, -0.2) is 4.98 Å². The maximum Gasteiger partial charge on any atom is 0.215 e. The van der Waals surface area contributed by atoms with Crippen molar-refractivity contribution in [3.8, 4) is 5.88 Å². The third-order valence-electron chi connectivity index (χ3n) is 2.08. The summed E-state index contributed by atoms with van der Waals surface area (Å²) < 4.78 is 5.54. The third-order valence-corrected chi connectivity index (χ3v) is 3.79. The molecule has 2 rings (SSSR count). The molecule has 0 spiro atoms. The molecule has 0 N–H and O–H groups in total. The van der Waals surface area contributed by atoms with Crippen LogP contribution in [-0.2, 0) is 6.61 Å². The second kappa shape index (κ2) is 5.08. The van der Waals surface area contributed by atoms with Crippen molar-refractivity contribution < 1.29 is 4.74 Å². The molecule has 2 nitrogen and oxygen atoms in total. The molecule has 0 aliphatic heterocycles. The molecule has 0 fully saturated rings. The molecule has 0 saturated carbocycles. The number of thiol groups is 1. The van der Waals surface area contributed by atoms with E-state index in [2.05, 4.69) is 17.6 Å². The number of thiophene rings is 1. The largest absolute Gasteiger partial charge is 0.473 e. The molecular formula is C11H10ClNOS2. The van der Waals surface area contributed by atoms with Crippen molar-refractivity contribution in [1.82, 2.24) is 4.98 Å². The van der Waals surface area contributed by atoms with Crippen molar-refractivity contribution in [3.63, 3.8) is 0 Å². The fraction of sp³-hybridized carbons (Fsp3) is 0.182. The van der Waals surface area contributed by atoms with Gasteiger partial charge >= 0.3 is 0 Å². The Morgan fingerprint density at radius 3 is 3.00 bits per heavy atom. The van der Waals surface area contributed by atoms with Crippen LogP contribution in [0.3, 0.4) is 0 Å². The highest BCUT2D eigenvalue weighted by Crippen LogP contribution is 2.25. The highest BCUT2D eigenvalue weighted by molar-refractivity contribution is 7.80. The Balaban J connectivity index is 2.10. The Kier molecular flexibility index (Phi) is 3.74. The Labute approximate surface area is 109 Å². The number of halogens is 1. The minimum absolute atomic E-state index is 0.378. The first-order valence-electron chi connectivity index (χ1n) is 4.67. The zero-order chi connectivity index (χ0) is 11.5. The summed E-state index contributed by atoms with van der Waals surface area (Å²) in [7, 11) is 0. The van der Waals surface area contributed by atoms with Crippen molar-refractivity contribution in [3.05, 3.63) is 39.2 Å². The number of nitrogens with zero attached hydrogens (tertiary/aromatic N) is 1. The molecule has 2 heterocycles. The smallest absolute Gasteiger partial charge is 0.215 e. The molecule has 0 unspecified atom stereocenters. The summed E-state index contributed by atoms with van der Waals surface area (Å²) in [5.74, 6) is 0.534. The number of ether oxygens (including phenoxy) is 1. The molecule has 2 aromatic rings. The number of aryl methyl sites for hydroxylation is 1. The van der Waals surface area contributed by atoms with Gasteiger partial charge in [0.25, 0.3) is 0 Å². The minimum Gasteiger partial charge on any atom is -0.473 e. The summed E-state index contributed by atoms with van der Waals surface area (Å²) in [5, 5.41) is 4.44. The van der Waals surface area contributed by atoms with Gasteiger partial charge in [-0.05, 0) is 29.3 Å². The highest BCUT2D eigenvalue weighted by Gasteiger charge is 2.06. The SMILES string of the molecule is Cc1cc(OCc2ccsc2)nc(Cl)c1S. The number of pyridine rings is 1. The van der Waals surface area contributed by atoms with Gasteiger partial charge in [-0.3, -0.25) is 0 Å². The first-order chi connectivity index (χ1) is 7.66. The first kappa shape index (κ1) is 11.8. The van der Waals surface area contributed by atoms with Crippen molar-refractivity contribution in [1.29, 1.82) is 0 Å². The quantitative estimate of drug-likeness (QED) is 0.674. The van der Waals surface area contributed by atoms with Crippen LogP contribution in [-0.4, -0.2) is 4.98 Å². The highest BCUT2D eigenvalue weighted by atomic mass is 35.5. The molecule has 0 aromatic carbocycles. The first-order valence-corrected chi connectivity index (χ1v) is 6.43. The second-order valence-corrected chi connectivity index (χ2v) is 4.92. The molecule has 2 aromatic heterocycles. The maximum atomic E-state index is 5.91. The fourth-order valence-electron chi connectivity index (χ4n) is 1.20. The molecule has 0 saturated heterocycles. The zero-order valence-corrected chi connectivity index (χ0v) is 11.1. The van der Waals surface area contributed by atoms with E-state index in [0.717, 1.165) is 11.1 Å². The van der Waals surface area contributed by atoms with Gasteiger partial charge in [-0.15, -0.1) is 12.6 Å². The van der Waals surface area contributed by atoms with E-state index in [1.807, 2.05) is 29.8 Å². The summed E-state index contributed by atoms with van der Waals surface area (Å²) in [6, 6.07) is 3.85. The van der Waals surface area contributed by atoms with E-state index >= 15 is 0 Å². The topological polar surface area (TPSA) is 22.1 Å². The van der Waals surface area contributed by atoms with Gasteiger partial charge in [0, 0.05) is 16.5 Å². The fourth-order valence-corrected chi connectivity index (χ4v) is 2.20. The summed E-state index contributed by atoms with van der Waals surface area (Å²) in [6.07, 6.45) is 0.